The fourth-order valence-electron chi connectivity index (χ4n) is 4.37. The average molecular weight is 427 g/mol. The summed E-state index contributed by atoms with van der Waals surface area (Å²) in [5.41, 5.74) is 1.60. The van der Waals surface area contributed by atoms with Crippen LogP contribution in [0.1, 0.15) is 11.7 Å². The minimum Gasteiger partial charge on any atom is -0.379 e. The molecule has 0 spiro atoms. The van der Waals surface area contributed by atoms with Crippen molar-refractivity contribution >= 4 is 23.7 Å². The standard InChI is InChI=1S/C21H24FN6O3/c1-14-13-27-17-18(23-20(27)28(14)16-5-3-15(22)4-6-16)24(2)21(30)26(19(17)29)8-7-25-9-11-31-12-10-25/h3-6,13,17H,7-12H2,1-2H3/q+1. The molecule has 0 N–H and O–H groups in total. The lowest BCUT2D eigenvalue weighted by Gasteiger charge is -2.35. The third-order valence-corrected chi connectivity index (χ3v) is 6.04. The van der Waals surface area contributed by atoms with Crippen LogP contribution in [0.25, 0.3) is 5.69 Å². The Labute approximate surface area is 178 Å². The normalized spacial score (nSPS) is 21.4. The molecule has 162 valence electrons. The summed E-state index contributed by atoms with van der Waals surface area (Å²) >= 11 is 0. The minimum atomic E-state index is -0.692. The molecule has 31 heavy (non-hydrogen) atoms. The Morgan fingerprint density at radius 1 is 1.16 bits per heavy atom. The highest BCUT2D eigenvalue weighted by Crippen LogP contribution is 2.31. The number of hydrogen-bond acceptors (Lipinski definition) is 5. The number of benzene rings is 1. The van der Waals surface area contributed by atoms with Crippen molar-refractivity contribution in [2.24, 2.45) is 4.99 Å². The minimum absolute atomic E-state index is 0.282. The number of aromatic nitrogens is 2. The first-order chi connectivity index (χ1) is 15.0. The number of carbonyl (C=O) groups is 2. The smallest absolute Gasteiger partial charge is 0.379 e. The van der Waals surface area contributed by atoms with Crippen LogP contribution in [0.5, 0.6) is 0 Å². The molecule has 9 nitrogen and oxygen atoms in total. The number of aliphatic imine (C=N–C) groups is 1. The molecule has 2 aromatic rings. The number of nitrogens with zero attached hydrogens (tertiary/aromatic N) is 6. The van der Waals surface area contributed by atoms with Crippen LogP contribution in [0.4, 0.5) is 15.1 Å². The van der Waals surface area contributed by atoms with E-state index >= 15 is 0 Å². The van der Waals surface area contributed by atoms with Crippen molar-refractivity contribution in [2.75, 3.05) is 46.4 Å². The predicted octanol–water partition coefficient (Wildman–Crippen LogP) is 1.02. The number of halogens is 1. The van der Waals surface area contributed by atoms with Crippen molar-refractivity contribution < 1.29 is 23.3 Å². The van der Waals surface area contributed by atoms with E-state index in [2.05, 4.69) is 9.89 Å². The lowest BCUT2D eigenvalue weighted by atomic mass is 10.1. The summed E-state index contributed by atoms with van der Waals surface area (Å²) in [6.07, 6.45) is 1.85. The maximum Gasteiger partial charge on any atom is 0.406 e. The maximum atomic E-state index is 13.4. The Kier molecular flexibility index (Phi) is 4.82. The largest absolute Gasteiger partial charge is 0.406 e. The summed E-state index contributed by atoms with van der Waals surface area (Å²) in [6.45, 7) is 5.75. The number of morpholine rings is 1. The fourth-order valence-corrected chi connectivity index (χ4v) is 4.37. The number of fused-ring (bicyclic) bond motifs is 3. The molecule has 2 fully saturated rings. The Bertz CT molecular complexity index is 1070. The first kappa shape index (κ1) is 19.8. The van der Waals surface area contributed by atoms with Crippen LogP contribution < -0.4 is 4.57 Å². The zero-order valence-corrected chi connectivity index (χ0v) is 17.5. The summed E-state index contributed by atoms with van der Waals surface area (Å²) in [5.74, 6) is 0.333. The van der Waals surface area contributed by atoms with E-state index in [1.165, 1.54) is 21.9 Å². The molecule has 3 aliphatic rings. The fraction of sp³-hybridized carbons (Fsp3) is 0.429. The topological polar surface area (TPSA) is 74.3 Å². The number of amides is 3. The molecule has 2 saturated heterocycles. The van der Waals surface area contributed by atoms with Crippen LogP contribution in [0, 0.1) is 12.7 Å². The van der Waals surface area contributed by atoms with Gasteiger partial charge < -0.3 is 4.74 Å². The average Bonchev–Trinajstić information content (AvgIpc) is 3.28. The second-order valence-electron chi connectivity index (χ2n) is 7.95. The second kappa shape index (κ2) is 7.54. The van der Waals surface area contributed by atoms with Crippen molar-refractivity contribution in [3.8, 4) is 5.69 Å². The van der Waals surface area contributed by atoms with Gasteiger partial charge in [0.05, 0.1) is 13.2 Å². The van der Waals surface area contributed by atoms with Crippen LogP contribution in [-0.4, -0.2) is 83.5 Å². The Morgan fingerprint density at radius 2 is 1.87 bits per heavy atom. The highest BCUT2D eigenvalue weighted by Gasteiger charge is 2.53. The van der Waals surface area contributed by atoms with E-state index in [1.54, 1.807) is 23.7 Å². The molecule has 0 bridgehead atoms. The van der Waals surface area contributed by atoms with Crippen LogP contribution >= 0.6 is 0 Å². The van der Waals surface area contributed by atoms with Gasteiger partial charge >= 0.3 is 12.0 Å². The molecule has 0 saturated carbocycles. The number of imide groups is 1. The lowest BCUT2D eigenvalue weighted by Crippen LogP contribution is -2.63. The SMILES string of the molecule is Cc1c[n+]2c(n1-c1ccc(F)cc1)N=C1C2C(=O)N(CCN2CCOCC2)C(=O)N1C. The highest BCUT2D eigenvalue weighted by atomic mass is 19.1. The molecular weight excluding hydrogens is 403 g/mol. The molecular formula is C21H24FN6O3+. The number of hydrogen-bond donors (Lipinski definition) is 0. The van der Waals surface area contributed by atoms with Gasteiger partial charge in [0.2, 0.25) is 11.9 Å². The van der Waals surface area contributed by atoms with Crippen LogP contribution in [0.2, 0.25) is 0 Å². The van der Waals surface area contributed by atoms with Gasteiger partial charge in [-0.2, -0.15) is 4.57 Å². The Hall–Kier alpha value is -3.11. The quantitative estimate of drug-likeness (QED) is 0.683. The molecule has 1 aromatic carbocycles. The number of aryl methyl sites for hydroxylation is 1. The number of carbonyl (C=O) groups excluding carboxylic acids is 2. The van der Waals surface area contributed by atoms with Crippen molar-refractivity contribution in [1.29, 1.82) is 0 Å². The third kappa shape index (κ3) is 3.22. The van der Waals surface area contributed by atoms with E-state index in [4.69, 9.17) is 4.74 Å². The summed E-state index contributed by atoms with van der Waals surface area (Å²) in [5, 5.41) is 0. The molecule has 1 aromatic heterocycles. The van der Waals surface area contributed by atoms with Gasteiger partial charge in [-0.3, -0.25) is 19.5 Å². The van der Waals surface area contributed by atoms with Crippen LogP contribution in [0.15, 0.2) is 35.5 Å². The van der Waals surface area contributed by atoms with Gasteiger partial charge in [0, 0.05) is 33.2 Å². The molecule has 0 aliphatic carbocycles. The molecule has 1 unspecified atom stereocenters. The summed E-state index contributed by atoms with van der Waals surface area (Å²) < 4.78 is 22.4. The predicted molar refractivity (Wildman–Crippen MR) is 109 cm³/mol. The number of amidine groups is 1. The maximum absolute atomic E-state index is 13.4. The lowest BCUT2D eigenvalue weighted by molar-refractivity contribution is -0.676. The number of ether oxygens (including phenoxy) is 1. The van der Waals surface area contributed by atoms with E-state index in [-0.39, 0.29) is 17.8 Å². The van der Waals surface area contributed by atoms with E-state index < -0.39 is 6.04 Å². The summed E-state index contributed by atoms with van der Waals surface area (Å²) in [6, 6.07) is 5.03. The number of imidazole rings is 1. The zero-order valence-electron chi connectivity index (χ0n) is 17.5. The molecule has 4 heterocycles. The van der Waals surface area contributed by atoms with E-state index in [0.29, 0.717) is 38.1 Å². The van der Waals surface area contributed by atoms with Gasteiger partial charge in [0.15, 0.2) is 0 Å². The summed E-state index contributed by atoms with van der Waals surface area (Å²) in [7, 11) is 1.64. The molecule has 3 amide bonds. The van der Waals surface area contributed by atoms with Crippen molar-refractivity contribution in [3.63, 3.8) is 0 Å². The number of urea groups is 1. The van der Waals surface area contributed by atoms with Crippen molar-refractivity contribution in [3.05, 3.63) is 42.0 Å². The monoisotopic (exact) mass is 427 g/mol. The summed E-state index contributed by atoms with van der Waals surface area (Å²) in [4.78, 5) is 35.9. The molecule has 0 radical (unpaired) electrons. The van der Waals surface area contributed by atoms with Gasteiger partial charge in [-0.05, 0) is 31.2 Å². The Balaban J connectivity index is 1.46. The first-order valence-corrected chi connectivity index (χ1v) is 10.3. The molecule has 3 aliphatic heterocycles. The van der Waals surface area contributed by atoms with Gasteiger partial charge in [-0.1, -0.05) is 4.99 Å². The molecule has 10 heteroatoms. The second-order valence-corrected chi connectivity index (χ2v) is 7.95. The van der Waals surface area contributed by atoms with Gasteiger partial charge in [-0.25, -0.2) is 13.8 Å². The number of rotatable bonds is 4. The van der Waals surface area contributed by atoms with Crippen molar-refractivity contribution in [1.82, 2.24) is 19.3 Å². The van der Waals surface area contributed by atoms with Gasteiger partial charge in [-0.15, -0.1) is 0 Å². The van der Waals surface area contributed by atoms with Crippen LogP contribution in [-0.2, 0) is 9.53 Å². The number of likely N-dealkylation sites (N-methyl/N-ethyl adjacent to an activating group) is 1. The Morgan fingerprint density at radius 3 is 2.58 bits per heavy atom. The van der Waals surface area contributed by atoms with Gasteiger partial charge in [0.1, 0.15) is 23.4 Å². The molecule has 5 rings (SSSR count). The highest BCUT2D eigenvalue weighted by molar-refractivity contribution is 6.19. The van der Waals surface area contributed by atoms with Crippen molar-refractivity contribution in [2.45, 2.75) is 13.0 Å². The van der Waals surface area contributed by atoms with Crippen LogP contribution in [0.3, 0.4) is 0 Å². The van der Waals surface area contributed by atoms with E-state index in [9.17, 15) is 14.0 Å². The third-order valence-electron chi connectivity index (χ3n) is 6.04. The zero-order chi connectivity index (χ0) is 21.7. The van der Waals surface area contributed by atoms with Gasteiger partial charge in [0.25, 0.3) is 5.91 Å². The first-order valence-electron chi connectivity index (χ1n) is 10.3. The van der Waals surface area contributed by atoms with E-state index in [0.717, 1.165) is 24.5 Å². The van der Waals surface area contributed by atoms with E-state index in [1.807, 2.05) is 17.7 Å². The molecule has 1 atom stereocenters.